The van der Waals surface area contributed by atoms with Gasteiger partial charge in [-0.2, -0.15) is 0 Å². The van der Waals surface area contributed by atoms with Gasteiger partial charge in [0.05, 0.1) is 28.4 Å². The maximum atomic E-state index is 6.12. The van der Waals surface area contributed by atoms with Crippen molar-refractivity contribution in [2.75, 3.05) is 28.4 Å². The predicted octanol–water partition coefficient (Wildman–Crippen LogP) is 8.35. The molecule has 0 radical (unpaired) electrons. The van der Waals surface area contributed by atoms with Crippen LogP contribution in [0.15, 0.2) is 6.07 Å². The molecule has 210 valence electrons. The molecule has 0 fully saturated rings. The average molecular weight is 523 g/mol. The van der Waals surface area contributed by atoms with Gasteiger partial charge in [0.15, 0.2) is 23.0 Å². The lowest BCUT2D eigenvalue weighted by Gasteiger charge is -2.58. The van der Waals surface area contributed by atoms with E-state index in [4.69, 9.17) is 18.9 Å². The fraction of sp³-hybridized carbons (Fsp3) is 0.647. The van der Waals surface area contributed by atoms with E-state index in [1.807, 2.05) is 0 Å². The van der Waals surface area contributed by atoms with E-state index in [1.165, 1.54) is 38.9 Å². The van der Waals surface area contributed by atoms with Crippen molar-refractivity contribution in [3.63, 3.8) is 0 Å². The Morgan fingerprint density at radius 3 is 1.34 bits per heavy atom. The van der Waals surface area contributed by atoms with Crippen LogP contribution in [0.25, 0.3) is 0 Å². The normalized spacial score (nSPS) is 28.3. The molecular formula is C34H50O4. The maximum absolute atomic E-state index is 6.12. The SMILES string of the molecule is CCC1(C)c2c(cc(OC)c(OC)c2C)C2(c3c(C)c(OC)c(OC)c(C)c3C(C)(CC)C2(C)C)C1(C)C. The number of fused-ring (bicyclic) bond motifs is 4. The molecule has 0 heterocycles. The number of rotatable bonds is 6. The van der Waals surface area contributed by atoms with Gasteiger partial charge in [-0.1, -0.05) is 55.4 Å². The molecule has 38 heavy (non-hydrogen) atoms. The second-order valence-corrected chi connectivity index (χ2v) is 13.1. The van der Waals surface area contributed by atoms with E-state index in [2.05, 4.69) is 82.2 Å². The Kier molecular flexibility index (Phi) is 6.46. The molecule has 0 N–H and O–H groups in total. The zero-order valence-electron chi connectivity index (χ0n) is 26.6. The van der Waals surface area contributed by atoms with Crippen molar-refractivity contribution in [2.45, 2.75) is 105 Å². The number of hydrogen-bond acceptors (Lipinski definition) is 4. The van der Waals surface area contributed by atoms with E-state index in [-0.39, 0.29) is 27.1 Å². The summed E-state index contributed by atoms with van der Waals surface area (Å²) in [7, 11) is 7.04. The first-order chi connectivity index (χ1) is 17.6. The van der Waals surface area contributed by atoms with Crippen LogP contribution in [0.1, 0.15) is 107 Å². The summed E-state index contributed by atoms with van der Waals surface area (Å²) in [5.74, 6) is 3.35. The van der Waals surface area contributed by atoms with Crippen molar-refractivity contribution in [3.8, 4) is 23.0 Å². The second-order valence-electron chi connectivity index (χ2n) is 13.1. The minimum atomic E-state index is -0.321. The van der Waals surface area contributed by atoms with Crippen molar-refractivity contribution in [2.24, 2.45) is 10.8 Å². The van der Waals surface area contributed by atoms with E-state index in [0.29, 0.717) is 0 Å². The lowest BCUT2D eigenvalue weighted by atomic mass is 9.44. The summed E-state index contributed by atoms with van der Waals surface area (Å²) < 4.78 is 24.2. The quantitative estimate of drug-likeness (QED) is 0.382. The second kappa shape index (κ2) is 8.57. The number of methoxy groups -OCH3 is 4. The smallest absolute Gasteiger partial charge is 0.164 e. The summed E-state index contributed by atoms with van der Waals surface area (Å²) in [5, 5.41) is 0. The summed E-state index contributed by atoms with van der Waals surface area (Å²) in [6, 6.07) is 2.31. The summed E-state index contributed by atoms with van der Waals surface area (Å²) >= 11 is 0. The highest BCUT2D eigenvalue weighted by molar-refractivity contribution is 5.75. The van der Waals surface area contributed by atoms with Crippen molar-refractivity contribution in [1.29, 1.82) is 0 Å². The Labute approximate surface area is 231 Å². The zero-order valence-corrected chi connectivity index (χ0v) is 26.6. The molecule has 2 aliphatic carbocycles. The van der Waals surface area contributed by atoms with Gasteiger partial charge < -0.3 is 18.9 Å². The maximum Gasteiger partial charge on any atom is 0.164 e. The van der Waals surface area contributed by atoms with Crippen LogP contribution in [0.2, 0.25) is 0 Å². The molecule has 1 spiro atoms. The van der Waals surface area contributed by atoms with Gasteiger partial charge in [-0.25, -0.2) is 0 Å². The highest BCUT2D eigenvalue weighted by Gasteiger charge is 2.76. The van der Waals surface area contributed by atoms with Crippen LogP contribution in [0.5, 0.6) is 23.0 Å². The Morgan fingerprint density at radius 2 is 0.947 bits per heavy atom. The minimum absolute atomic E-state index is 0.104. The monoisotopic (exact) mass is 522 g/mol. The first-order valence-corrected chi connectivity index (χ1v) is 14.1. The van der Waals surface area contributed by atoms with Gasteiger partial charge in [0.1, 0.15) is 0 Å². The zero-order chi connectivity index (χ0) is 28.8. The fourth-order valence-corrected chi connectivity index (χ4v) is 9.68. The fourth-order valence-electron chi connectivity index (χ4n) is 9.68. The molecule has 2 aromatic rings. The van der Waals surface area contributed by atoms with Crippen LogP contribution in [0.3, 0.4) is 0 Å². The number of benzene rings is 2. The first kappa shape index (κ1) is 28.6. The molecule has 0 saturated carbocycles. The molecule has 0 amide bonds. The first-order valence-electron chi connectivity index (χ1n) is 14.1. The third kappa shape index (κ3) is 2.68. The summed E-state index contributed by atoms with van der Waals surface area (Å²) in [6.07, 6.45) is 2.04. The predicted molar refractivity (Wildman–Crippen MR) is 157 cm³/mol. The van der Waals surface area contributed by atoms with Crippen LogP contribution in [0, 0.1) is 31.6 Å². The van der Waals surface area contributed by atoms with Crippen LogP contribution in [-0.2, 0) is 16.2 Å². The highest BCUT2D eigenvalue weighted by Crippen LogP contribution is 2.80. The molecule has 0 saturated heterocycles. The molecule has 3 unspecified atom stereocenters. The molecule has 0 aromatic heterocycles. The van der Waals surface area contributed by atoms with Crippen molar-refractivity contribution in [1.82, 2.24) is 0 Å². The van der Waals surface area contributed by atoms with Crippen LogP contribution in [-0.4, -0.2) is 28.4 Å². The third-order valence-corrected chi connectivity index (χ3v) is 12.1. The van der Waals surface area contributed by atoms with Gasteiger partial charge in [-0.05, 0) is 100 Å². The van der Waals surface area contributed by atoms with Gasteiger partial charge in [-0.3, -0.25) is 0 Å². The molecule has 4 heteroatoms. The topological polar surface area (TPSA) is 36.9 Å². The van der Waals surface area contributed by atoms with Crippen molar-refractivity contribution >= 4 is 0 Å². The molecule has 3 atom stereocenters. The van der Waals surface area contributed by atoms with Crippen LogP contribution >= 0.6 is 0 Å². The molecule has 4 nitrogen and oxygen atoms in total. The van der Waals surface area contributed by atoms with E-state index < -0.39 is 0 Å². The number of hydrogen-bond donors (Lipinski definition) is 0. The molecule has 0 bridgehead atoms. The Morgan fingerprint density at radius 1 is 0.553 bits per heavy atom. The average Bonchev–Trinajstić information content (AvgIpc) is 3.15. The molecule has 4 rings (SSSR count). The lowest BCUT2D eigenvalue weighted by Crippen LogP contribution is -2.57. The van der Waals surface area contributed by atoms with E-state index in [9.17, 15) is 0 Å². The third-order valence-electron chi connectivity index (χ3n) is 12.1. The lowest BCUT2D eigenvalue weighted by molar-refractivity contribution is -0.00505. The van der Waals surface area contributed by atoms with Gasteiger partial charge in [-0.15, -0.1) is 0 Å². The summed E-state index contributed by atoms with van der Waals surface area (Å²) in [4.78, 5) is 0. The standard InChI is InChI=1S/C34H50O4/c1-16-32(10)24-19(3)27(36-13)23(35-12)18-22(24)34(30(32,6)7)26-21(5)29(38-15)28(37-14)20(4)25(26)33(11,17-2)31(34,8)9/h18H,16-17H2,1-15H3. The summed E-state index contributed by atoms with van der Waals surface area (Å²) in [6.45, 7) is 26.4. The molecular weight excluding hydrogens is 472 g/mol. The van der Waals surface area contributed by atoms with E-state index >= 15 is 0 Å². The highest BCUT2D eigenvalue weighted by atomic mass is 16.5. The van der Waals surface area contributed by atoms with E-state index in [0.717, 1.165) is 35.8 Å². The van der Waals surface area contributed by atoms with Crippen molar-refractivity contribution in [3.05, 3.63) is 45.0 Å². The molecule has 2 aliphatic rings. The van der Waals surface area contributed by atoms with E-state index in [1.54, 1.807) is 28.4 Å². The van der Waals surface area contributed by atoms with Crippen LogP contribution < -0.4 is 18.9 Å². The summed E-state index contributed by atoms with van der Waals surface area (Å²) in [5.41, 5.74) is 8.35. The minimum Gasteiger partial charge on any atom is -0.493 e. The Hall–Kier alpha value is -2.36. The van der Waals surface area contributed by atoms with Gasteiger partial charge in [0.2, 0.25) is 0 Å². The Balaban J connectivity index is 2.41. The van der Waals surface area contributed by atoms with Gasteiger partial charge in [0, 0.05) is 5.41 Å². The number of ether oxygens (including phenoxy) is 4. The molecule has 0 aliphatic heterocycles. The van der Waals surface area contributed by atoms with Crippen molar-refractivity contribution < 1.29 is 18.9 Å². The molecule has 2 aromatic carbocycles. The van der Waals surface area contributed by atoms with Gasteiger partial charge in [0.25, 0.3) is 0 Å². The van der Waals surface area contributed by atoms with Gasteiger partial charge >= 0.3 is 0 Å². The van der Waals surface area contributed by atoms with Crippen LogP contribution in [0.4, 0.5) is 0 Å². The largest absolute Gasteiger partial charge is 0.493 e. The Bertz CT molecular complexity index is 1290.